The van der Waals surface area contributed by atoms with Crippen LogP contribution in [0.25, 0.3) is 5.69 Å². The van der Waals surface area contributed by atoms with Crippen LogP contribution in [-0.2, 0) is 6.18 Å². The first-order valence-corrected chi connectivity index (χ1v) is 5.99. The van der Waals surface area contributed by atoms with Gasteiger partial charge in [-0.25, -0.2) is 10.5 Å². The van der Waals surface area contributed by atoms with E-state index < -0.39 is 23.3 Å². The molecule has 0 aliphatic carbocycles. The van der Waals surface area contributed by atoms with Gasteiger partial charge in [0.2, 0.25) is 0 Å². The standard InChI is InChI=1S/C13H13F3N4O/c1-7-3-4-8(2)10(5-7)20-11(13(14,15)16)9(6-18-20)12(21)19-17/h3-6H,17H2,1-2H3,(H,19,21). The number of aromatic nitrogens is 2. The Morgan fingerprint density at radius 3 is 2.57 bits per heavy atom. The van der Waals surface area contributed by atoms with E-state index in [1.54, 1.807) is 37.5 Å². The monoisotopic (exact) mass is 298 g/mol. The molecule has 1 heterocycles. The van der Waals surface area contributed by atoms with E-state index >= 15 is 0 Å². The molecule has 0 aliphatic rings. The fraction of sp³-hybridized carbons (Fsp3) is 0.231. The summed E-state index contributed by atoms with van der Waals surface area (Å²) in [6, 6.07) is 5.04. The van der Waals surface area contributed by atoms with Gasteiger partial charge in [-0.1, -0.05) is 12.1 Å². The smallest absolute Gasteiger partial charge is 0.290 e. The van der Waals surface area contributed by atoms with Crippen molar-refractivity contribution < 1.29 is 18.0 Å². The van der Waals surface area contributed by atoms with Crippen molar-refractivity contribution in [2.75, 3.05) is 0 Å². The van der Waals surface area contributed by atoms with Crippen LogP contribution in [0.4, 0.5) is 13.2 Å². The number of hydrogen-bond donors (Lipinski definition) is 2. The molecule has 0 saturated heterocycles. The molecule has 1 aromatic heterocycles. The Morgan fingerprint density at radius 1 is 1.33 bits per heavy atom. The molecule has 5 nitrogen and oxygen atoms in total. The number of amides is 1. The molecule has 112 valence electrons. The summed E-state index contributed by atoms with van der Waals surface area (Å²) in [4.78, 5) is 11.5. The number of nitrogens with zero attached hydrogens (tertiary/aromatic N) is 2. The number of aryl methyl sites for hydroxylation is 2. The topological polar surface area (TPSA) is 72.9 Å². The summed E-state index contributed by atoms with van der Waals surface area (Å²) in [6.07, 6.45) is -3.89. The van der Waals surface area contributed by atoms with Crippen molar-refractivity contribution in [2.24, 2.45) is 5.84 Å². The summed E-state index contributed by atoms with van der Waals surface area (Å²) in [7, 11) is 0. The minimum Gasteiger partial charge on any atom is -0.290 e. The van der Waals surface area contributed by atoms with Gasteiger partial charge < -0.3 is 0 Å². The van der Waals surface area contributed by atoms with Gasteiger partial charge in [-0.3, -0.25) is 10.2 Å². The lowest BCUT2D eigenvalue weighted by Crippen LogP contribution is -2.32. The third-order valence-electron chi connectivity index (χ3n) is 3.01. The number of nitrogens with two attached hydrogens (primary N) is 1. The van der Waals surface area contributed by atoms with Crippen LogP contribution in [-0.4, -0.2) is 15.7 Å². The Balaban J connectivity index is 2.73. The highest BCUT2D eigenvalue weighted by molar-refractivity contribution is 5.95. The van der Waals surface area contributed by atoms with Gasteiger partial charge in [0, 0.05) is 0 Å². The number of carbonyl (C=O) groups excluding carboxylic acids is 1. The van der Waals surface area contributed by atoms with Crippen molar-refractivity contribution >= 4 is 5.91 Å². The minimum absolute atomic E-state index is 0.262. The second-order valence-electron chi connectivity index (χ2n) is 4.58. The molecular formula is C13H13F3N4O. The Morgan fingerprint density at radius 2 is 2.00 bits per heavy atom. The first kappa shape index (κ1) is 15.0. The zero-order valence-corrected chi connectivity index (χ0v) is 11.3. The van der Waals surface area contributed by atoms with Crippen LogP contribution in [0.5, 0.6) is 0 Å². The lowest BCUT2D eigenvalue weighted by atomic mass is 10.1. The van der Waals surface area contributed by atoms with E-state index in [0.29, 0.717) is 10.2 Å². The van der Waals surface area contributed by atoms with Crippen LogP contribution in [0.15, 0.2) is 24.4 Å². The highest BCUT2D eigenvalue weighted by Crippen LogP contribution is 2.34. The third kappa shape index (κ3) is 2.75. The average molecular weight is 298 g/mol. The number of nitrogen functional groups attached to an aromatic ring is 1. The van der Waals surface area contributed by atoms with E-state index in [2.05, 4.69) is 5.10 Å². The number of hydrazine groups is 1. The molecule has 0 atom stereocenters. The van der Waals surface area contributed by atoms with Gasteiger partial charge in [0.25, 0.3) is 5.91 Å². The molecular weight excluding hydrogens is 285 g/mol. The molecule has 1 amide bonds. The van der Waals surface area contributed by atoms with Crippen LogP contribution in [0, 0.1) is 13.8 Å². The lowest BCUT2D eigenvalue weighted by molar-refractivity contribution is -0.143. The fourth-order valence-corrected chi connectivity index (χ4v) is 2.00. The van der Waals surface area contributed by atoms with Crippen LogP contribution in [0.3, 0.4) is 0 Å². The first-order valence-electron chi connectivity index (χ1n) is 5.99. The van der Waals surface area contributed by atoms with Gasteiger partial charge >= 0.3 is 6.18 Å². The zero-order valence-electron chi connectivity index (χ0n) is 11.3. The van der Waals surface area contributed by atoms with Crippen LogP contribution in [0.2, 0.25) is 0 Å². The number of hydrogen-bond acceptors (Lipinski definition) is 3. The molecule has 0 bridgehead atoms. The molecule has 8 heteroatoms. The van der Waals surface area contributed by atoms with Crippen molar-refractivity contribution in [3.63, 3.8) is 0 Å². The third-order valence-corrected chi connectivity index (χ3v) is 3.01. The van der Waals surface area contributed by atoms with E-state index in [4.69, 9.17) is 5.84 Å². The van der Waals surface area contributed by atoms with Gasteiger partial charge in [-0.15, -0.1) is 0 Å². The number of halogens is 3. The second kappa shape index (κ2) is 5.21. The van der Waals surface area contributed by atoms with E-state index in [1.165, 1.54) is 0 Å². The number of carbonyl (C=O) groups is 1. The number of nitrogens with one attached hydrogen (secondary N) is 1. The van der Waals surface area contributed by atoms with Gasteiger partial charge in [-0.05, 0) is 31.0 Å². The minimum atomic E-state index is -4.74. The highest BCUT2D eigenvalue weighted by atomic mass is 19.4. The molecule has 2 aromatic rings. The molecule has 0 saturated carbocycles. The van der Waals surface area contributed by atoms with Crippen molar-refractivity contribution in [1.82, 2.24) is 15.2 Å². The van der Waals surface area contributed by atoms with E-state index in [0.717, 1.165) is 11.8 Å². The van der Waals surface area contributed by atoms with Gasteiger partial charge in [0.15, 0.2) is 5.69 Å². The quantitative estimate of drug-likeness (QED) is 0.506. The fourth-order valence-electron chi connectivity index (χ4n) is 2.00. The Labute approximate surface area is 118 Å². The van der Waals surface area contributed by atoms with E-state index in [1.807, 2.05) is 0 Å². The molecule has 0 unspecified atom stereocenters. The summed E-state index contributed by atoms with van der Waals surface area (Å²) >= 11 is 0. The van der Waals surface area contributed by atoms with Gasteiger partial charge in [0.05, 0.1) is 17.4 Å². The second-order valence-corrected chi connectivity index (χ2v) is 4.58. The number of benzene rings is 1. The Kier molecular flexibility index (Phi) is 3.73. The number of alkyl halides is 3. The summed E-state index contributed by atoms with van der Waals surface area (Å²) in [5.41, 5.74) is 1.57. The summed E-state index contributed by atoms with van der Waals surface area (Å²) in [5.74, 6) is 3.87. The predicted molar refractivity (Wildman–Crippen MR) is 69.7 cm³/mol. The highest BCUT2D eigenvalue weighted by Gasteiger charge is 2.40. The molecule has 21 heavy (non-hydrogen) atoms. The van der Waals surface area contributed by atoms with Crippen LogP contribution < -0.4 is 11.3 Å². The normalized spacial score (nSPS) is 11.5. The molecule has 0 spiro atoms. The van der Waals surface area contributed by atoms with E-state index in [9.17, 15) is 18.0 Å². The maximum Gasteiger partial charge on any atom is 0.434 e. The van der Waals surface area contributed by atoms with Crippen LogP contribution in [0.1, 0.15) is 27.2 Å². The SMILES string of the molecule is Cc1ccc(C)c(-n2ncc(C(=O)NN)c2C(F)(F)F)c1. The lowest BCUT2D eigenvalue weighted by Gasteiger charge is -2.14. The summed E-state index contributed by atoms with van der Waals surface area (Å²) in [6.45, 7) is 3.42. The Hall–Kier alpha value is -2.35. The van der Waals surface area contributed by atoms with Crippen molar-refractivity contribution in [2.45, 2.75) is 20.0 Å². The number of rotatable bonds is 2. The zero-order chi connectivity index (χ0) is 15.8. The van der Waals surface area contributed by atoms with Crippen molar-refractivity contribution in [1.29, 1.82) is 0 Å². The maximum atomic E-state index is 13.3. The Bertz CT molecular complexity index is 691. The van der Waals surface area contributed by atoms with Gasteiger partial charge in [-0.2, -0.15) is 18.3 Å². The van der Waals surface area contributed by atoms with E-state index in [-0.39, 0.29) is 5.69 Å². The molecule has 2 rings (SSSR count). The first-order chi connectivity index (χ1) is 9.75. The molecule has 0 radical (unpaired) electrons. The molecule has 0 aliphatic heterocycles. The van der Waals surface area contributed by atoms with Crippen LogP contribution >= 0.6 is 0 Å². The van der Waals surface area contributed by atoms with Crippen molar-refractivity contribution in [3.05, 3.63) is 46.8 Å². The molecule has 3 N–H and O–H groups in total. The predicted octanol–water partition coefficient (Wildman–Crippen LogP) is 2.11. The largest absolute Gasteiger partial charge is 0.434 e. The summed E-state index contributed by atoms with van der Waals surface area (Å²) in [5, 5.41) is 3.70. The molecule has 0 fully saturated rings. The summed E-state index contributed by atoms with van der Waals surface area (Å²) < 4.78 is 40.5. The average Bonchev–Trinajstić information content (AvgIpc) is 2.85. The maximum absolute atomic E-state index is 13.3. The van der Waals surface area contributed by atoms with Crippen molar-refractivity contribution in [3.8, 4) is 5.69 Å². The molecule has 1 aromatic carbocycles. The van der Waals surface area contributed by atoms with Gasteiger partial charge in [0.1, 0.15) is 0 Å².